The molecule has 0 radical (unpaired) electrons. The topological polar surface area (TPSA) is 97.1 Å². The van der Waals surface area contributed by atoms with Gasteiger partial charge in [0.05, 0.1) is 6.42 Å². The van der Waals surface area contributed by atoms with Crippen molar-refractivity contribution in [1.82, 2.24) is 21.0 Å². The number of hydrogen-bond donors (Lipinski definition) is 2. The van der Waals surface area contributed by atoms with Gasteiger partial charge < -0.3 is 4.52 Å². The summed E-state index contributed by atoms with van der Waals surface area (Å²) in [6.07, 6.45) is 0.0238. The summed E-state index contributed by atoms with van der Waals surface area (Å²) < 4.78 is 17.9. The molecule has 3 rings (SSSR count). The van der Waals surface area contributed by atoms with Crippen LogP contribution >= 0.6 is 0 Å². The van der Waals surface area contributed by atoms with Crippen molar-refractivity contribution in [1.29, 1.82) is 0 Å². The van der Waals surface area contributed by atoms with Crippen molar-refractivity contribution in [3.63, 3.8) is 0 Å². The normalized spacial score (nSPS) is 10.4. The van der Waals surface area contributed by atoms with Crippen molar-refractivity contribution in [2.45, 2.75) is 13.3 Å². The van der Waals surface area contributed by atoms with Crippen LogP contribution in [0.25, 0.3) is 11.5 Å². The lowest BCUT2D eigenvalue weighted by atomic mass is 10.1. The van der Waals surface area contributed by atoms with Crippen LogP contribution in [0.3, 0.4) is 0 Å². The van der Waals surface area contributed by atoms with Gasteiger partial charge in [-0.15, -0.1) is 0 Å². The van der Waals surface area contributed by atoms with Gasteiger partial charge in [0.25, 0.3) is 11.8 Å². The molecule has 0 atom stereocenters. The summed E-state index contributed by atoms with van der Waals surface area (Å²) in [5, 5.41) is 3.70. The Bertz CT molecular complexity index is 920. The second kappa shape index (κ2) is 7.56. The van der Waals surface area contributed by atoms with Gasteiger partial charge >= 0.3 is 0 Å². The molecule has 0 spiro atoms. The van der Waals surface area contributed by atoms with E-state index in [4.69, 9.17) is 4.52 Å². The first kappa shape index (κ1) is 17.3. The third kappa shape index (κ3) is 4.29. The average molecular weight is 354 g/mol. The number of hydrazine groups is 1. The van der Waals surface area contributed by atoms with Gasteiger partial charge in [0.1, 0.15) is 5.82 Å². The minimum absolute atomic E-state index is 0.0238. The molecule has 132 valence electrons. The van der Waals surface area contributed by atoms with E-state index in [0.717, 1.165) is 0 Å². The number of rotatable bonds is 4. The molecule has 0 saturated carbocycles. The first-order valence-electron chi connectivity index (χ1n) is 7.75. The maximum atomic E-state index is 12.8. The predicted molar refractivity (Wildman–Crippen MR) is 90.2 cm³/mol. The van der Waals surface area contributed by atoms with E-state index >= 15 is 0 Å². The number of aromatic nitrogens is 2. The van der Waals surface area contributed by atoms with Crippen molar-refractivity contribution in [2.75, 3.05) is 0 Å². The van der Waals surface area contributed by atoms with Crippen LogP contribution in [0, 0.1) is 12.7 Å². The number of carbonyl (C=O) groups excluding carboxylic acids is 2. The van der Waals surface area contributed by atoms with E-state index < -0.39 is 11.8 Å². The number of benzene rings is 2. The van der Waals surface area contributed by atoms with E-state index in [-0.39, 0.29) is 12.2 Å². The highest BCUT2D eigenvalue weighted by Gasteiger charge is 2.10. The molecule has 2 N–H and O–H groups in total. The molecule has 2 amide bonds. The van der Waals surface area contributed by atoms with Gasteiger partial charge in [-0.3, -0.25) is 20.4 Å². The summed E-state index contributed by atoms with van der Waals surface area (Å²) in [6, 6.07) is 12.1. The second-order valence-electron chi connectivity index (χ2n) is 5.53. The highest BCUT2D eigenvalue weighted by atomic mass is 19.1. The molecule has 0 fully saturated rings. The SMILES string of the molecule is Cc1noc(-c2ccc(C(=O)NNC(=O)Cc3ccc(F)cc3)cc2)n1. The third-order valence-corrected chi connectivity index (χ3v) is 3.52. The average Bonchev–Trinajstić information content (AvgIpc) is 3.08. The standard InChI is InChI=1S/C18H15FN4O3/c1-11-20-18(26-23-11)14-6-4-13(5-7-14)17(25)22-21-16(24)10-12-2-8-15(19)9-3-12/h2-9H,10H2,1H3,(H,21,24)(H,22,25). The maximum absolute atomic E-state index is 12.8. The second-order valence-corrected chi connectivity index (χ2v) is 5.53. The van der Waals surface area contributed by atoms with Gasteiger partial charge in [-0.2, -0.15) is 4.98 Å². The van der Waals surface area contributed by atoms with Crippen LogP contribution in [0.2, 0.25) is 0 Å². The summed E-state index contributed by atoms with van der Waals surface area (Å²) in [6.45, 7) is 1.71. The number of hydrogen-bond acceptors (Lipinski definition) is 5. The van der Waals surface area contributed by atoms with Crippen molar-refractivity contribution < 1.29 is 18.5 Å². The molecule has 0 bridgehead atoms. The Morgan fingerprint density at radius 2 is 1.73 bits per heavy atom. The van der Waals surface area contributed by atoms with Crippen molar-refractivity contribution >= 4 is 11.8 Å². The Morgan fingerprint density at radius 3 is 2.35 bits per heavy atom. The van der Waals surface area contributed by atoms with Gasteiger partial charge in [-0.1, -0.05) is 17.3 Å². The maximum Gasteiger partial charge on any atom is 0.269 e. The van der Waals surface area contributed by atoms with E-state index in [1.807, 2.05) is 0 Å². The minimum Gasteiger partial charge on any atom is -0.334 e. The fourth-order valence-electron chi connectivity index (χ4n) is 2.21. The molecular weight excluding hydrogens is 339 g/mol. The molecule has 0 unspecified atom stereocenters. The molecule has 8 heteroatoms. The lowest BCUT2D eigenvalue weighted by Crippen LogP contribution is -2.42. The number of carbonyl (C=O) groups is 2. The molecule has 7 nitrogen and oxygen atoms in total. The van der Waals surface area contributed by atoms with Gasteiger partial charge in [0.15, 0.2) is 5.82 Å². The first-order chi connectivity index (χ1) is 12.5. The van der Waals surface area contributed by atoms with Crippen LogP contribution in [-0.4, -0.2) is 22.0 Å². The summed E-state index contributed by atoms with van der Waals surface area (Å²) in [7, 11) is 0. The zero-order valence-electron chi connectivity index (χ0n) is 13.8. The summed E-state index contributed by atoms with van der Waals surface area (Å²) in [5.41, 5.74) is 6.32. The van der Waals surface area contributed by atoms with E-state index in [0.29, 0.717) is 28.4 Å². The molecule has 1 aromatic heterocycles. The minimum atomic E-state index is -0.467. The van der Waals surface area contributed by atoms with Crippen LogP contribution in [0.1, 0.15) is 21.7 Å². The largest absolute Gasteiger partial charge is 0.334 e. The zero-order chi connectivity index (χ0) is 18.5. The number of amides is 2. The Labute approximate surface area is 148 Å². The highest BCUT2D eigenvalue weighted by molar-refractivity contribution is 5.95. The molecule has 2 aromatic carbocycles. The number of nitrogens with one attached hydrogen (secondary N) is 2. The quantitative estimate of drug-likeness (QED) is 0.700. The lowest BCUT2D eigenvalue weighted by Gasteiger charge is -2.08. The third-order valence-electron chi connectivity index (χ3n) is 3.52. The zero-order valence-corrected chi connectivity index (χ0v) is 13.8. The molecule has 3 aromatic rings. The Morgan fingerprint density at radius 1 is 1.04 bits per heavy atom. The van der Waals surface area contributed by atoms with Crippen LogP contribution in [-0.2, 0) is 11.2 Å². The van der Waals surface area contributed by atoms with Crippen molar-refractivity contribution in [2.24, 2.45) is 0 Å². The summed E-state index contributed by atoms with van der Waals surface area (Å²) >= 11 is 0. The van der Waals surface area contributed by atoms with Crippen LogP contribution in [0.4, 0.5) is 4.39 Å². The smallest absolute Gasteiger partial charge is 0.269 e. The fourth-order valence-corrected chi connectivity index (χ4v) is 2.21. The van der Waals surface area contributed by atoms with E-state index in [9.17, 15) is 14.0 Å². The Balaban J connectivity index is 1.54. The van der Waals surface area contributed by atoms with Gasteiger partial charge in [-0.05, 0) is 48.9 Å². The number of halogens is 1. The Hall–Kier alpha value is -3.55. The number of nitrogens with zero attached hydrogens (tertiary/aromatic N) is 2. The Kier molecular flexibility index (Phi) is 5.02. The van der Waals surface area contributed by atoms with Crippen molar-refractivity contribution in [3.8, 4) is 11.5 Å². The molecule has 0 aliphatic heterocycles. The van der Waals surface area contributed by atoms with Gasteiger partial charge in [0, 0.05) is 11.1 Å². The van der Waals surface area contributed by atoms with Gasteiger partial charge in [0.2, 0.25) is 5.91 Å². The fraction of sp³-hybridized carbons (Fsp3) is 0.111. The molecule has 1 heterocycles. The van der Waals surface area contributed by atoms with Crippen LogP contribution in [0.5, 0.6) is 0 Å². The van der Waals surface area contributed by atoms with Gasteiger partial charge in [-0.25, -0.2) is 4.39 Å². The van der Waals surface area contributed by atoms with Crippen LogP contribution in [0.15, 0.2) is 53.1 Å². The molecule has 0 aliphatic rings. The summed E-state index contributed by atoms with van der Waals surface area (Å²) in [5.74, 6) is -0.372. The monoisotopic (exact) mass is 354 g/mol. The summed E-state index contributed by atoms with van der Waals surface area (Å²) in [4.78, 5) is 28.0. The van der Waals surface area contributed by atoms with E-state index in [1.165, 1.54) is 24.3 Å². The van der Waals surface area contributed by atoms with E-state index in [1.54, 1.807) is 31.2 Å². The first-order valence-corrected chi connectivity index (χ1v) is 7.75. The van der Waals surface area contributed by atoms with Crippen molar-refractivity contribution in [3.05, 3.63) is 71.3 Å². The highest BCUT2D eigenvalue weighted by Crippen LogP contribution is 2.17. The van der Waals surface area contributed by atoms with E-state index in [2.05, 4.69) is 21.0 Å². The molecule has 0 saturated heterocycles. The molecule has 0 aliphatic carbocycles. The number of aryl methyl sites for hydroxylation is 1. The predicted octanol–water partition coefficient (Wildman–Crippen LogP) is 2.19. The molecule has 26 heavy (non-hydrogen) atoms. The van der Waals surface area contributed by atoms with Crippen LogP contribution < -0.4 is 10.9 Å². The molecular formula is C18H15FN4O3. The lowest BCUT2D eigenvalue weighted by molar-refractivity contribution is -0.121.